The molecule has 0 unspecified atom stereocenters. The smallest absolute Gasteiger partial charge is 0.0572 e. The maximum Gasteiger partial charge on any atom is 0.0572 e. The lowest BCUT2D eigenvalue weighted by Crippen LogP contribution is -2.39. The first-order chi connectivity index (χ1) is 7.81. The van der Waals surface area contributed by atoms with Gasteiger partial charge >= 0.3 is 0 Å². The van der Waals surface area contributed by atoms with Crippen LogP contribution in [0.25, 0.3) is 0 Å². The molecule has 0 aliphatic carbocycles. The van der Waals surface area contributed by atoms with Gasteiger partial charge in [-0.05, 0) is 50.9 Å². The molecule has 0 aromatic carbocycles. The molecule has 1 aliphatic rings. The Bertz CT molecular complexity index is 312. The first-order valence-electron chi connectivity index (χ1n) is 6.16. The summed E-state index contributed by atoms with van der Waals surface area (Å²) < 4.78 is 0. The number of nitrogens with two attached hydrogens (primary N) is 1. The molecule has 1 saturated heterocycles. The van der Waals surface area contributed by atoms with Crippen molar-refractivity contribution in [3.05, 3.63) is 30.1 Å². The number of nitrogens with zero attached hydrogens (tertiary/aromatic N) is 2. The van der Waals surface area contributed by atoms with Crippen molar-refractivity contribution in [2.24, 2.45) is 11.7 Å². The van der Waals surface area contributed by atoms with Gasteiger partial charge in [0.25, 0.3) is 0 Å². The van der Waals surface area contributed by atoms with Crippen molar-refractivity contribution in [2.45, 2.75) is 25.8 Å². The molecule has 2 N–H and O–H groups in total. The molecule has 0 spiro atoms. The lowest BCUT2D eigenvalue weighted by Gasteiger charge is -2.36. The SMILES string of the molecule is C[C@@H](c1ccccn1)N1CCC[C@H](CN)C1. The molecule has 16 heavy (non-hydrogen) atoms. The van der Waals surface area contributed by atoms with Crippen molar-refractivity contribution >= 4 is 0 Å². The molecule has 0 radical (unpaired) electrons. The van der Waals surface area contributed by atoms with Crippen LogP contribution in [0.4, 0.5) is 0 Å². The minimum Gasteiger partial charge on any atom is -0.330 e. The second-order valence-electron chi connectivity index (χ2n) is 4.67. The largest absolute Gasteiger partial charge is 0.330 e. The zero-order valence-electron chi connectivity index (χ0n) is 9.97. The van der Waals surface area contributed by atoms with Crippen molar-refractivity contribution < 1.29 is 0 Å². The van der Waals surface area contributed by atoms with Crippen LogP contribution in [-0.4, -0.2) is 29.5 Å². The van der Waals surface area contributed by atoms with Crippen LogP contribution in [0.15, 0.2) is 24.4 Å². The van der Waals surface area contributed by atoms with E-state index in [0.717, 1.165) is 13.1 Å². The molecular weight excluding hydrogens is 198 g/mol. The molecule has 0 saturated carbocycles. The monoisotopic (exact) mass is 219 g/mol. The van der Waals surface area contributed by atoms with Crippen LogP contribution in [0.1, 0.15) is 31.5 Å². The summed E-state index contributed by atoms with van der Waals surface area (Å²) in [6.07, 6.45) is 4.41. The number of pyridine rings is 1. The second kappa shape index (κ2) is 5.41. The van der Waals surface area contributed by atoms with Crippen LogP contribution in [0.3, 0.4) is 0 Å². The zero-order chi connectivity index (χ0) is 11.4. The highest BCUT2D eigenvalue weighted by Gasteiger charge is 2.23. The fourth-order valence-corrected chi connectivity index (χ4v) is 2.45. The normalized spacial score (nSPS) is 24.2. The van der Waals surface area contributed by atoms with Crippen LogP contribution in [0, 0.1) is 5.92 Å². The molecule has 2 atom stereocenters. The molecule has 88 valence electrons. The van der Waals surface area contributed by atoms with Gasteiger partial charge in [-0.2, -0.15) is 0 Å². The Kier molecular flexibility index (Phi) is 3.91. The fourth-order valence-electron chi connectivity index (χ4n) is 2.45. The third kappa shape index (κ3) is 2.60. The summed E-state index contributed by atoms with van der Waals surface area (Å²) in [5, 5.41) is 0. The summed E-state index contributed by atoms with van der Waals surface area (Å²) in [5.41, 5.74) is 6.93. The molecule has 1 aromatic rings. The maximum atomic E-state index is 5.76. The average Bonchev–Trinajstić information content (AvgIpc) is 2.39. The predicted molar refractivity (Wildman–Crippen MR) is 66.0 cm³/mol. The van der Waals surface area contributed by atoms with Crippen LogP contribution >= 0.6 is 0 Å². The van der Waals surface area contributed by atoms with E-state index in [0.29, 0.717) is 12.0 Å². The molecule has 3 heteroatoms. The summed E-state index contributed by atoms with van der Waals surface area (Å²) in [6, 6.07) is 6.55. The summed E-state index contributed by atoms with van der Waals surface area (Å²) >= 11 is 0. The minimum atomic E-state index is 0.413. The topological polar surface area (TPSA) is 42.2 Å². The van der Waals surface area contributed by atoms with E-state index in [1.165, 1.54) is 25.1 Å². The van der Waals surface area contributed by atoms with E-state index < -0.39 is 0 Å². The van der Waals surface area contributed by atoms with Crippen LogP contribution in [0.5, 0.6) is 0 Å². The van der Waals surface area contributed by atoms with E-state index in [1.54, 1.807) is 0 Å². The molecular formula is C13H21N3. The Morgan fingerprint density at radius 1 is 1.56 bits per heavy atom. The van der Waals surface area contributed by atoms with Gasteiger partial charge in [-0.1, -0.05) is 6.07 Å². The first-order valence-corrected chi connectivity index (χ1v) is 6.16. The van der Waals surface area contributed by atoms with Gasteiger partial charge in [0.2, 0.25) is 0 Å². The highest BCUT2D eigenvalue weighted by atomic mass is 15.2. The van der Waals surface area contributed by atoms with Crippen molar-refractivity contribution in [3.8, 4) is 0 Å². The molecule has 0 bridgehead atoms. The second-order valence-corrected chi connectivity index (χ2v) is 4.67. The summed E-state index contributed by atoms with van der Waals surface area (Å²) in [4.78, 5) is 6.94. The van der Waals surface area contributed by atoms with Gasteiger partial charge in [0.05, 0.1) is 5.69 Å². The Morgan fingerprint density at radius 2 is 2.44 bits per heavy atom. The Labute approximate surface area is 97.7 Å². The number of hydrogen-bond donors (Lipinski definition) is 1. The predicted octanol–water partition coefficient (Wildman–Crippen LogP) is 1.81. The lowest BCUT2D eigenvalue weighted by atomic mass is 9.96. The third-order valence-corrected chi connectivity index (χ3v) is 3.55. The Hall–Kier alpha value is -0.930. The van der Waals surface area contributed by atoms with E-state index in [1.807, 2.05) is 12.3 Å². The highest BCUT2D eigenvalue weighted by molar-refractivity contribution is 5.08. The quantitative estimate of drug-likeness (QED) is 0.843. The highest BCUT2D eigenvalue weighted by Crippen LogP contribution is 2.24. The van der Waals surface area contributed by atoms with E-state index in [9.17, 15) is 0 Å². The Morgan fingerprint density at radius 3 is 3.12 bits per heavy atom. The summed E-state index contributed by atoms with van der Waals surface area (Å²) in [5.74, 6) is 0.667. The molecule has 1 fully saturated rings. The zero-order valence-corrected chi connectivity index (χ0v) is 9.97. The number of hydrogen-bond acceptors (Lipinski definition) is 3. The number of piperidine rings is 1. The molecule has 3 nitrogen and oxygen atoms in total. The first kappa shape index (κ1) is 11.6. The van der Waals surface area contributed by atoms with Crippen molar-refractivity contribution in [3.63, 3.8) is 0 Å². The van der Waals surface area contributed by atoms with E-state index in [2.05, 4.69) is 28.9 Å². The summed E-state index contributed by atoms with van der Waals surface area (Å²) in [6.45, 7) is 5.34. The molecule has 0 amide bonds. The van der Waals surface area contributed by atoms with Gasteiger partial charge in [-0.3, -0.25) is 9.88 Å². The van der Waals surface area contributed by atoms with Crippen molar-refractivity contribution in [1.82, 2.24) is 9.88 Å². The van der Waals surface area contributed by atoms with Gasteiger partial charge < -0.3 is 5.73 Å². The summed E-state index contributed by atoms with van der Waals surface area (Å²) in [7, 11) is 0. The molecule has 1 aliphatic heterocycles. The standard InChI is InChI=1S/C13H21N3/c1-11(13-6-2-3-7-15-13)16-8-4-5-12(9-14)10-16/h2-3,6-7,11-12H,4-5,8-10,14H2,1H3/t11-,12+/m0/s1. The minimum absolute atomic E-state index is 0.413. The van der Waals surface area contributed by atoms with E-state index in [-0.39, 0.29) is 0 Å². The van der Waals surface area contributed by atoms with Crippen molar-refractivity contribution in [1.29, 1.82) is 0 Å². The maximum absolute atomic E-state index is 5.76. The molecule has 1 aromatic heterocycles. The number of likely N-dealkylation sites (tertiary alicyclic amines) is 1. The van der Waals surface area contributed by atoms with Gasteiger partial charge in [0, 0.05) is 18.8 Å². The lowest BCUT2D eigenvalue weighted by molar-refractivity contribution is 0.132. The van der Waals surface area contributed by atoms with Crippen LogP contribution in [-0.2, 0) is 0 Å². The van der Waals surface area contributed by atoms with Gasteiger partial charge in [-0.25, -0.2) is 0 Å². The fraction of sp³-hybridized carbons (Fsp3) is 0.615. The van der Waals surface area contributed by atoms with Gasteiger partial charge in [-0.15, -0.1) is 0 Å². The van der Waals surface area contributed by atoms with E-state index >= 15 is 0 Å². The molecule has 2 rings (SSSR count). The molecule has 2 heterocycles. The van der Waals surface area contributed by atoms with Crippen molar-refractivity contribution in [2.75, 3.05) is 19.6 Å². The number of rotatable bonds is 3. The Balaban J connectivity index is 2.01. The van der Waals surface area contributed by atoms with Crippen LogP contribution in [0.2, 0.25) is 0 Å². The average molecular weight is 219 g/mol. The van der Waals surface area contributed by atoms with Gasteiger partial charge in [0.1, 0.15) is 0 Å². The number of aromatic nitrogens is 1. The van der Waals surface area contributed by atoms with Crippen LogP contribution < -0.4 is 5.73 Å². The third-order valence-electron chi connectivity index (χ3n) is 3.55. The van der Waals surface area contributed by atoms with E-state index in [4.69, 9.17) is 5.73 Å². The van der Waals surface area contributed by atoms with Gasteiger partial charge in [0.15, 0.2) is 0 Å².